The highest BCUT2D eigenvalue weighted by molar-refractivity contribution is 6.42. The van der Waals surface area contributed by atoms with E-state index < -0.39 is 4.92 Å². The molecule has 108 valence electrons. The summed E-state index contributed by atoms with van der Waals surface area (Å²) in [6.45, 7) is 1.82. The fourth-order valence-corrected chi connectivity index (χ4v) is 2.03. The lowest BCUT2D eigenvalue weighted by molar-refractivity contribution is -0.385. The molecule has 0 saturated carbocycles. The van der Waals surface area contributed by atoms with Crippen molar-refractivity contribution >= 4 is 35.2 Å². The number of ether oxygens (including phenoxy) is 1. The number of carbonyl (C=O) groups is 1. The number of nitro groups is 1. The standard InChI is InChI=1S/C14H9Cl2NO4/c1-8-2-3-13(9(4-8)7-18)21-14-6-11(16)10(15)5-12(14)17(19)20/h2-7H,1H3. The summed E-state index contributed by atoms with van der Waals surface area (Å²) in [4.78, 5) is 21.5. The Kier molecular flexibility index (Phi) is 4.45. The lowest BCUT2D eigenvalue weighted by atomic mass is 10.1. The van der Waals surface area contributed by atoms with E-state index in [0.29, 0.717) is 6.29 Å². The summed E-state index contributed by atoms with van der Waals surface area (Å²) in [7, 11) is 0. The minimum Gasteiger partial charge on any atom is -0.449 e. The lowest BCUT2D eigenvalue weighted by Gasteiger charge is -2.10. The van der Waals surface area contributed by atoms with E-state index in [9.17, 15) is 14.9 Å². The van der Waals surface area contributed by atoms with Gasteiger partial charge in [-0.2, -0.15) is 0 Å². The van der Waals surface area contributed by atoms with Gasteiger partial charge in [-0.05, 0) is 19.1 Å². The molecule has 2 aromatic rings. The first kappa shape index (κ1) is 15.3. The molecule has 0 heterocycles. The van der Waals surface area contributed by atoms with Crippen molar-refractivity contribution in [3.05, 3.63) is 61.6 Å². The second-order valence-electron chi connectivity index (χ2n) is 4.25. The van der Waals surface area contributed by atoms with Gasteiger partial charge in [0.1, 0.15) is 5.75 Å². The fourth-order valence-electron chi connectivity index (χ4n) is 1.71. The third-order valence-corrected chi connectivity index (χ3v) is 3.43. The Morgan fingerprint density at radius 1 is 1.14 bits per heavy atom. The molecule has 0 aliphatic heterocycles. The van der Waals surface area contributed by atoms with Crippen LogP contribution in [-0.4, -0.2) is 11.2 Å². The van der Waals surface area contributed by atoms with E-state index in [1.54, 1.807) is 18.2 Å². The molecule has 0 fully saturated rings. The highest BCUT2D eigenvalue weighted by Crippen LogP contribution is 2.38. The monoisotopic (exact) mass is 325 g/mol. The van der Waals surface area contributed by atoms with E-state index in [4.69, 9.17) is 27.9 Å². The molecule has 2 rings (SSSR count). The number of hydrogen-bond acceptors (Lipinski definition) is 4. The van der Waals surface area contributed by atoms with Crippen molar-refractivity contribution in [2.24, 2.45) is 0 Å². The van der Waals surface area contributed by atoms with Crippen molar-refractivity contribution < 1.29 is 14.5 Å². The molecule has 0 spiro atoms. The Morgan fingerprint density at radius 2 is 1.81 bits per heavy atom. The van der Waals surface area contributed by atoms with Crippen molar-refractivity contribution in [3.63, 3.8) is 0 Å². The van der Waals surface area contributed by atoms with Crippen molar-refractivity contribution in [3.8, 4) is 11.5 Å². The Balaban J connectivity index is 2.51. The van der Waals surface area contributed by atoms with E-state index in [2.05, 4.69) is 0 Å². The summed E-state index contributed by atoms with van der Waals surface area (Å²) in [6, 6.07) is 7.26. The Hall–Kier alpha value is -2.11. The quantitative estimate of drug-likeness (QED) is 0.459. The number of hydrogen-bond donors (Lipinski definition) is 0. The van der Waals surface area contributed by atoms with Crippen molar-refractivity contribution in [1.82, 2.24) is 0 Å². The zero-order valence-electron chi connectivity index (χ0n) is 10.8. The van der Waals surface area contributed by atoms with Crippen LogP contribution in [0.15, 0.2) is 30.3 Å². The normalized spacial score (nSPS) is 10.2. The Labute approximate surface area is 130 Å². The van der Waals surface area contributed by atoms with Gasteiger partial charge in [0.15, 0.2) is 6.29 Å². The van der Waals surface area contributed by atoms with Crippen LogP contribution >= 0.6 is 23.2 Å². The number of nitrogens with zero attached hydrogens (tertiary/aromatic N) is 1. The van der Waals surface area contributed by atoms with Crippen LogP contribution in [-0.2, 0) is 0 Å². The molecule has 0 atom stereocenters. The van der Waals surface area contributed by atoms with Gasteiger partial charge >= 0.3 is 5.69 Å². The number of benzene rings is 2. The lowest BCUT2D eigenvalue weighted by Crippen LogP contribution is -1.96. The first-order valence-electron chi connectivity index (χ1n) is 5.79. The molecule has 0 saturated heterocycles. The summed E-state index contributed by atoms with van der Waals surface area (Å²) in [5, 5.41) is 11.2. The van der Waals surface area contributed by atoms with Crippen LogP contribution in [0, 0.1) is 17.0 Å². The number of halogens is 2. The van der Waals surface area contributed by atoms with Gasteiger partial charge in [-0.25, -0.2) is 0 Å². The van der Waals surface area contributed by atoms with Gasteiger partial charge < -0.3 is 4.74 Å². The van der Waals surface area contributed by atoms with E-state index in [-0.39, 0.29) is 32.8 Å². The van der Waals surface area contributed by atoms with Gasteiger partial charge in [0.25, 0.3) is 0 Å². The maximum absolute atomic E-state index is 11.0. The molecule has 7 heteroatoms. The predicted molar refractivity (Wildman–Crippen MR) is 79.8 cm³/mol. The van der Waals surface area contributed by atoms with Gasteiger partial charge in [-0.15, -0.1) is 0 Å². The zero-order chi connectivity index (χ0) is 15.6. The Bertz CT molecular complexity index is 731. The fraction of sp³-hybridized carbons (Fsp3) is 0.0714. The topological polar surface area (TPSA) is 69.4 Å². The van der Waals surface area contributed by atoms with Crippen LogP contribution < -0.4 is 4.74 Å². The highest BCUT2D eigenvalue weighted by atomic mass is 35.5. The van der Waals surface area contributed by atoms with Crippen LogP contribution in [0.3, 0.4) is 0 Å². The summed E-state index contributed by atoms with van der Waals surface area (Å²) < 4.78 is 5.47. The second-order valence-corrected chi connectivity index (χ2v) is 5.07. The molecule has 0 aliphatic carbocycles. The number of aldehydes is 1. The van der Waals surface area contributed by atoms with E-state index >= 15 is 0 Å². The summed E-state index contributed by atoms with van der Waals surface area (Å²) >= 11 is 11.6. The minimum absolute atomic E-state index is 0.0511. The summed E-state index contributed by atoms with van der Waals surface area (Å²) in [5.74, 6) is 0.124. The van der Waals surface area contributed by atoms with Crippen LogP contribution in [0.5, 0.6) is 11.5 Å². The van der Waals surface area contributed by atoms with Gasteiger partial charge in [-0.1, -0.05) is 34.8 Å². The Morgan fingerprint density at radius 3 is 2.43 bits per heavy atom. The third-order valence-electron chi connectivity index (χ3n) is 2.71. The van der Waals surface area contributed by atoms with Crippen LogP contribution in [0.4, 0.5) is 5.69 Å². The average Bonchev–Trinajstić information content (AvgIpc) is 2.44. The highest BCUT2D eigenvalue weighted by Gasteiger charge is 2.20. The first-order chi connectivity index (χ1) is 9.92. The number of rotatable bonds is 4. The summed E-state index contributed by atoms with van der Waals surface area (Å²) in [5.41, 5.74) is 0.824. The third kappa shape index (κ3) is 3.32. The van der Waals surface area contributed by atoms with Gasteiger partial charge in [-0.3, -0.25) is 14.9 Å². The molecule has 0 radical (unpaired) electrons. The summed E-state index contributed by atoms with van der Waals surface area (Å²) in [6.07, 6.45) is 0.617. The van der Waals surface area contributed by atoms with E-state index in [1.165, 1.54) is 6.07 Å². The van der Waals surface area contributed by atoms with Crippen molar-refractivity contribution in [2.75, 3.05) is 0 Å². The largest absolute Gasteiger partial charge is 0.449 e. The van der Waals surface area contributed by atoms with Crippen molar-refractivity contribution in [1.29, 1.82) is 0 Å². The molecular weight excluding hydrogens is 317 g/mol. The van der Waals surface area contributed by atoms with Gasteiger partial charge in [0.05, 0.1) is 20.5 Å². The number of carbonyl (C=O) groups excluding carboxylic acids is 1. The van der Waals surface area contributed by atoms with Crippen LogP contribution in [0.25, 0.3) is 0 Å². The zero-order valence-corrected chi connectivity index (χ0v) is 12.3. The number of nitro benzene ring substituents is 1. The minimum atomic E-state index is -0.633. The molecule has 0 unspecified atom stereocenters. The van der Waals surface area contributed by atoms with Gasteiger partial charge in [0.2, 0.25) is 5.75 Å². The van der Waals surface area contributed by atoms with Crippen molar-refractivity contribution in [2.45, 2.75) is 6.92 Å². The van der Waals surface area contributed by atoms with Crippen LogP contribution in [0.2, 0.25) is 10.0 Å². The van der Waals surface area contributed by atoms with E-state index in [1.807, 2.05) is 6.92 Å². The van der Waals surface area contributed by atoms with E-state index in [0.717, 1.165) is 11.6 Å². The molecule has 0 N–H and O–H groups in total. The SMILES string of the molecule is Cc1ccc(Oc2cc(Cl)c(Cl)cc2[N+](=O)[O-])c(C=O)c1. The van der Waals surface area contributed by atoms with Gasteiger partial charge in [0, 0.05) is 12.1 Å². The predicted octanol–water partition coefficient (Wildman–Crippen LogP) is 4.81. The second kappa shape index (κ2) is 6.11. The number of aryl methyl sites for hydroxylation is 1. The van der Waals surface area contributed by atoms with Crippen LogP contribution in [0.1, 0.15) is 15.9 Å². The molecule has 0 bridgehead atoms. The molecule has 21 heavy (non-hydrogen) atoms. The molecule has 0 aromatic heterocycles. The maximum Gasteiger partial charge on any atom is 0.313 e. The maximum atomic E-state index is 11.0. The molecule has 0 amide bonds. The molecule has 0 aliphatic rings. The average molecular weight is 326 g/mol. The molecular formula is C14H9Cl2NO4. The molecule has 5 nitrogen and oxygen atoms in total. The smallest absolute Gasteiger partial charge is 0.313 e. The molecule has 2 aromatic carbocycles. The first-order valence-corrected chi connectivity index (χ1v) is 6.55.